The smallest absolute Gasteiger partial charge is 0.257 e. The van der Waals surface area contributed by atoms with Crippen molar-refractivity contribution in [2.24, 2.45) is 0 Å². The van der Waals surface area contributed by atoms with E-state index in [1.807, 2.05) is 12.3 Å². The van der Waals surface area contributed by atoms with Gasteiger partial charge < -0.3 is 5.32 Å². The third-order valence-corrected chi connectivity index (χ3v) is 4.39. The summed E-state index contributed by atoms with van der Waals surface area (Å²) < 4.78 is 0. The van der Waals surface area contributed by atoms with E-state index in [0.717, 1.165) is 4.90 Å². The molecule has 106 valence electrons. The molecular weight excluding hydrogens is 327 g/mol. The summed E-state index contributed by atoms with van der Waals surface area (Å²) in [6.45, 7) is 0. The molecule has 0 aliphatic rings. The number of thioether (sulfide) groups is 1. The molecule has 0 atom stereocenters. The Morgan fingerprint density at radius 1 is 1.29 bits per heavy atom. The molecule has 0 saturated carbocycles. The van der Waals surface area contributed by atoms with Crippen LogP contribution < -0.4 is 5.32 Å². The van der Waals surface area contributed by atoms with Gasteiger partial charge in [0.25, 0.3) is 5.91 Å². The van der Waals surface area contributed by atoms with Gasteiger partial charge in [-0.15, -0.1) is 11.8 Å². The highest BCUT2D eigenvalue weighted by Crippen LogP contribution is 2.29. The van der Waals surface area contributed by atoms with Crippen LogP contribution in [0.1, 0.15) is 15.9 Å². The topological polar surface area (TPSA) is 52.9 Å². The second kappa shape index (κ2) is 6.86. The van der Waals surface area contributed by atoms with Gasteiger partial charge in [0.2, 0.25) is 0 Å². The summed E-state index contributed by atoms with van der Waals surface area (Å²) in [7, 11) is 0. The second-order valence-electron chi connectivity index (χ2n) is 4.08. The molecule has 0 aliphatic heterocycles. The maximum atomic E-state index is 12.3. The molecule has 0 saturated heterocycles. The number of benzene rings is 2. The van der Waals surface area contributed by atoms with Gasteiger partial charge in [-0.25, -0.2) is 0 Å². The van der Waals surface area contributed by atoms with Gasteiger partial charge in [0, 0.05) is 4.90 Å². The van der Waals surface area contributed by atoms with Gasteiger partial charge in [-0.1, -0.05) is 29.3 Å². The maximum Gasteiger partial charge on any atom is 0.257 e. The van der Waals surface area contributed by atoms with E-state index in [0.29, 0.717) is 21.8 Å². The minimum atomic E-state index is -0.368. The number of rotatable bonds is 3. The number of nitrogens with zero attached hydrogens (tertiary/aromatic N) is 1. The number of halogens is 2. The minimum Gasteiger partial charge on any atom is -0.321 e. The average molecular weight is 337 g/mol. The Bertz CT molecular complexity index is 741. The number of amides is 1. The molecule has 1 N–H and O–H groups in total. The third kappa shape index (κ3) is 3.51. The van der Waals surface area contributed by atoms with E-state index in [1.54, 1.807) is 36.4 Å². The molecule has 2 rings (SSSR count). The van der Waals surface area contributed by atoms with Gasteiger partial charge in [0.1, 0.15) is 0 Å². The molecule has 2 aromatic rings. The van der Waals surface area contributed by atoms with Gasteiger partial charge >= 0.3 is 0 Å². The molecule has 0 heterocycles. The van der Waals surface area contributed by atoms with Crippen molar-refractivity contribution in [3.63, 3.8) is 0 Å². The molecule has 1 amide bonds. The molecule has 0 aliphatic carbocycles. The fourth-order valence-electron chi connectivity index (χ4n) is 1.74. The Kier molecular flexibility index (Phi) is 5.13. The summed E-state index contributed by atoms with van der Waals surface area (Å²) in [4.78, 5) is 13.2. The van der Waals surface area contributed by atoms with E-state index in [4.69, 9.17) is 28.5 Å². The predicted molar refractivity (Wildman–Crippen MR) is 87.4 cm³/mol. The number of hydrogen-bond acceptors (Lipinski definition) is 3. The molecule has 3 nitrogen and oxygen atoms in total. The van der Waals surface area contributed by atoms with Crippen molar-refractivity contribution < 1.29 is 4.79 Å². The lowest BCUT2D eigenvalue weighted by Crippen LogP contribution is -2.13. The van der Waals surface area contributed by atoms with Crippen LogP contribution in [0, 0.1) is 11.3 Å². The van der Waals surface area contributed by atoms with Crippen molar-refractivity contribution in [3.05, 3.63) is 57.6 Å². The van der Waals surface area contributed by atoms with Crippen molar-refractivity contribution in [2.45, 2.75) is 4.90 Å². The zero-order valence-corrected chi connectivity index (χ0v) is 13.3. The number of anilines is 1. The van der Waals surface area contributed by atoms with Crippen LogP contribution in [-0.2, 0) is 0 Å². The van der Waals surface area contributed by atoms with Gasteiger partial charge in [-0.2, -0.15) is 5.26 Å². The number of carbonyl (C=O) groups is 1. The molecule has 0 unspecified atom stereocenters. The van der Waals surface area contributed by atoms with Crippen molar-refractivity contribution in [1.29, 1.82) is 5.26 Å². The highest BCUT2D eigenvalue weighted by atomic mass is 35.5. The standard InChI is InChI=1S/C15H10Cl2N2OS/c1-21-13-6-5-9(8-18)7-12(13)19-15(20)10-3-2-4-11(16)14(10)17/h2-7H,1H3,(H,19,20). The molecule has 21 heavy (non-hydrogen) atoms. The summed E-state index contributed by atoms with van der Waals surface area (Å²) in [5.74, 6) is -0.368. The highest BCUT2D eigenvalue weighted by molar-refractivity contribution is 7.98. The Hall–Kier alpha value is -1.67. The first-order valence-corrected chi connectivity index (χ1v) is 7.88. The number of hydrogen-bond donors (Lipinski definition) is 1. The van der Waals surface area contributed by atoms with Crippen LogP contribution in [0.4, 0.5) is 5.69 Å². The van der Waals surface area contributed by atoms with E-state index in [2.05, 4.69) is 5.32 Å². The monoisotopic (exact) mass is 336 g/mol. The fourth-order valence-corrected chi connectivity index (χ4v) is 2.66. The minimum absolute atomic E-state index is 0.207. The summed E-state index contributed by atoms with van der Waals surface area (Å²) in [6, 6.07) is 12.0. The van der Waals surface area contributed by atoms with Crippen molar-refractivity contribution in [3.8, 4) is 6.07 Å². The Labute approximate surface area is 136 Å². The van der Waals surface area contributed by atoms with Crippen LogP contribution in [0.5, 0.6) is 0 Å². The summed E-state index contributed by atoms with van der Waals surface area (Å²) in [5, 5.41) is 12.2. The molecule has 0 fully saturated rings. The number of carbonyl (C=O) groups excluding carboxylic acids is 1. The lowest BCUT2D eigenvalue weighted by molar-refractivity contribution is 0.102. The molecule has 2 aromatic carbocycles. The zero-order valence-electron chi connectivity index (χ0n) is 11.0. The average Bonchev–Trinajstić information content (AvgIpc) is 2.49. The second-order valence-corrected chi connectivity index (χ2v) is 5.72. The van der Waals surface area contributed by atoms with E-state index >= 15 is 0 Å². The largest absolute Gasteiger partial charge is 0.321 e. The molecule has 0 spiro atoms. The fraction of sp³-hybridized carbons (Fsp3) is 0.0667. The first-order chi connectivity index (χ1) is 10.1. The van der Waals surface area contributed by atoms with E-state index in [9.17, 15) is 4.79 Å². The quantitative estimate of drug-likeness (QED) is 0.816. The molecule has 0 radical (unpaired) electrons. The molecule has 0 aromatic heterocycles. The van der Waals surface area contributed by atoms with E-state index < -0.39 is 0 Å². The maximum absolute atomic E-state index is 12.3. The van der Waals surface area contributed by atoms with E-state index in [1.165, 1.54) is 11.8 Å². The molecular formula is C15H10Cl2N2OS. The summed E-state index contributed by atoms with van der Waals surface area (Å²) >= 11 is 13.4. The highest BCUT2D eigenvalue weighted by Gasteiger charge is 2.14. The van der Waals surface area contributed by atoms with Crippen LogP contribution in [0.15, 0.2) is 41.3 Å². The summed E-state index contributed by atoms with van der Waals surface area (Å²) in [6.07, 6.45) is 1.89. The first kappa shape index (κ1) is 15.7. The Morgan fingerprint density at radius 2 is 2.05 bits per heavy atom. The van der Waals surface area contributed by atoms with Crippen LogP contribution in [0.2, 0.25) is 10.0 Å². The number of nitrogens with one attached hydrogen (secondary N) is 1. The normalized spacial score (nSPS) is 10.0. The van der Waals surface area contributed by atoms with Crippen LogP contribution in [0.25, 0.3) is 0 Å². The van der Waals surface area contributed by atoms with Gasteiger partial charge in [-0.05, 0) is 36.6 Å². The van der Waals surface area contributed by atoms with Crippen molar-refractivity contribution in [2.75, 3.05) is 11.6 Å². The Balaban J connectivity index is 2.35. The van der Waals surface area contributed by atoms with Crippen LogP contribution >= 0.6 is 35.0 Å². The zero-order chi connectivity index (χ0) is 15.4. The van der Waals surface area contributed by atoms with Gasteiger partial charge in [-0.3, -0.25) is 4.79 Å². The molecule has 6 heteroatoms. The SMILES string of the molecule is CSc1ccc(C#N)cc1NC(=O)c1cccc(Cl)c1Cl. The van der Waals surface area contributed by atoms with E-state index in [-0.39, 0.29) is 10.9 Å². The molecule has 0 bridgehead atoms. The van der Waals surface area contributed by atoms with Crippen LogP contribution in [0.3, 0.4) is 0 Å². The van der Waals surface area contributed by atoms with Crippen LogP contribution in [-0.4, -0.2) is 12.2 Å². The van der Waals surface area contributed by atoms with Gasteiger partial charge in [0.05, 0.1) is 32.9 Å². The summed E-state index contributed by atoms with van der Waals surface area (Å²) in [5.41, 5.74) is 1.33. The van der Waals surface area contributed by atoms with Crippen molar-refractivity contribution in [1.82, 2.24) is 0 Å². The van der Waals surface area contributed by atoms with Gasteiger partial charge in [0.15, 0.2) is 0 Å². The lowest BCUT2D eigenvalue weighted by Gasteiger charge is -2.11. The van der Waals surface area contributed by atoms with Crippen molar-refractivity contribution >= 4 is 46.6 Å². The predicted octanol–water partition coefficient (Wildman–Crippen LogP) is 4.84. The Morgan fingerprint density at radius 3 is 2.71 bits per heavy atom. The first-order valence-electron chi connectivity index (χ1n) is 5.90. The lowest BCUT2D eigenvalue weighted by atomic mass is 10.2. The number of nitriles is 1. The third-order valence-electron chi connectivity index (χ3n) is 2.77.